The maximum Gasteiger partial charge on any atom is 0.280 e. The number of ether oxygens (including phenoxy) is 1. The molecule has 4 N–H and O–H groups in total. The van der Waals surface area contributed by atoms with Gasteiger partial charge in [-0.25, -0.2) is 4.98 Å². The highest BCUT2D eigenvalue weighted by molar-refractivity contribution is 6.74. The van der Waals surface area contributed by atoms with Gasteiger partial charge in [-0.15, -0.1) is 0 Å². The van der Waals surface area contributed by atoms with Crippen LogP contribution in [0.2, 0.25) is 18.1 Å². The van der Waals surface area contributed by atoms with Crippen molar-refractivity contribution in [2.45, 2.75) is 63.8 Å². The van der Waals surface area contributed by atoms with Crippen LogP contribution >= 0.6 is 0 Å². The van der Waals surface area contributed by atoms with Crippen LogP contribution in [0.3, 0.4) is 0 Å². The van der Waals surface area contributed by atoms with Crippen LogP contribution in [0.25, 0.3) is 11.2 Å². The van der Waals surface area contributed by atoms with E-state index in [4.69, 9.17) is 14.9 Å². The third-order valence-corrected chi connectivity index (χ3v) is 9.88. The van der Waals surface area contributed by atoms with Gasteiger partial charge in [0.25, 0.3) is 5.56 Å². The fourth-order valence-corrected chi connectivity index (χ4v) is 4.23. The second-order valence-electron chi connectivity index (χ2n) is 8.24. The Morgan fingerprint density at radius 3 is 2.81 bits per heavy atom. The van der Waals surface area contributed by atoms with Crippen LogP contribution < -0.4 is 11.3 Å². The largest absolute Gasteiger partial charge is 0.411 e. The molecule has 0 aromatic carbocycles. The van der Waals surface area contributed by atoms with Gasteiger partial charge in [0.05, 0.1) is 19.0 Å². The van der Waals surface area contributed by atoms with Crippen LogP contribution in [0.1, 0.15) is 33.4 Å². The molecule has 2 aromatic heterocycles. The topological polar surface area (TPSA) is 128 Å². The minimum atomic E-state index is -2.02. The number of aliphatic hydroxyl groups excluding tert-OH is 1. The Balaban J connectivity index is 1.89. The average Bonchev–Trinajstić information content (AvgIpc) is 3.09. The normalized spacial score (nSPS) is 24.5. The SMILES string of the molecule is CC(C)(C)[Si](C)(C)O[C@H]1C[C@H](n2cnc3c(=O)[nH]c(N)nc32)O[C@@H]1CO. The summed E-state index contributed by atoms with van der Waals surface area (Å²) >= 11 is 0. The second-order valence-corrected chi connectivity index (χ2v) is 13.0. The molecular weight excluding hydrogens is 354 g/mol. The molecule has 1 aliphatic rings. The Bertz CT molecular complexity index is 856. The number of aromatic amines is 1. The molecule has 3 rings (SSSR count). The molecule has 10 heteroatoms. The van der Waals surface area contributed by atoms with Crippen molar-refractivity contribution in [2.24, 2.45) is 0 Å². The summed E-state index contributed by atoms with van der Waals surface area (Å²) in [5.41, 5.74) is 5.83. The Morgan fingerprint density at radius 2 is 2.19 bits per heavy atom. The summed E-state index contributed by atoms with van der Waals surface area (Å²) in [4.78, 5) is 22.7. The molecule has 0 saturated carbocycles. The lowest BCUT2D eigenvalue weighted by molar-refractivity contribution is -0.0410. The van der Waals surface area contributed by atoms with E-state index in [1.165, 1.54) is 6.33 Å². The number of nitrogen functional groups attached to an aromatic ring is 1. The number of imidazole rings is 1. The summed E-state index contributed by atoms with van der Waals surface area (Å²) in [5, 5.41) is 9.80. The van der Waals surface area contributed by atoms with E-state index in [0.717, 1.165) is 0 Å². The molecule has 1 fully saturated rings. The number of hydrogen-bond donors (Lipinski definition) is 3. The summed E-state index contributed by atoms with van der Waals surface area (Å²) in [7, 11) is -2.02. The summed E-state index contributed by atoms with van der Waals surface area (Å²) in [6.07, 6.45) is 0.951. The third kappa shape index (κ3) is 3.29. The number of H-pyrrole nitrogens is 1. The number of rotatable bonds is 4. The summed E-state index contributed by atoms with van der Waals surface area (Å²) in [6.45, 7) is 10.7. The van der Waals surface area contributed by atoms with E-state index < -0.39 is 26.2 Å². The average molecular weight is 382 g/mol. The molecule has 9 nitrogen and oxygen atoms in total. The minimum Gasteiger partial charge on any atom is -0.411 e. The molecule has 26 heavy (non-hydrogen) atoms. The molecule has 1 aliphatic heterocycles. The van der Waals surface area contributed by atoms with E-state index in [1.807, 2.05) is 0 Å². The molecule has 0 radical (unpaired) electrons. The summed E-state index contributed by atoms with van der Waals surface area (Å²) in [6, 6.07) is 0. The molecule has 3 heterocycles. The van der Waals surface area contributed by atoms with Gasteiger partial charge in [0.2, 0.25) is 5.95 Å². The van der Waals surface area contributed by atoms with Crippen molar-refractivity contribution in [1.29, 1.82) is 0 Å². The van der Waals surface area contributed by atoms with Gasteiger partial charge in [-0.05, 0) is 18.1 Å². The number of aromatic nitrogens is 4. The van der Waals surface area contributed by atoms with Crippen LogP contribution in [0.5, 0.6) is 0 Å². The number of aliphatic hydroxyl groups is 1. The van der Waals surface area contributed by atoms with E-state index in [-0.39, 0.29) is 29.2 Å². The molecule has 144 valence electrons. The van der Waals surface area contributed by atoms with Crippen molar-refractivity contribution in [3.05, 3.63) is 16.7 Å². The van der Waals surface area contributed by atoms with Crippen LogP contribution in [0.4, 0.5) is 5.95 Å². The lowest BCUT2D eigenvalue weighted by Crippen LogP contribution is -2.46. The molecular formula is C16H27N5O4Si. The first-order valence-corrected chi connectivity index (χ1v) is 11.6. The fourth-order valence-electron chi connectivity index (χ4n) is 2.87. The van der Waals surface area contributed by atoms with Gasteiger partial charge in [-0.2, -0.15) is 4.98 Å². The molecule has 3 atom stereocenters. The second kappa shape index (κ2) is 6.45. The van der Waals surface area contributed by atoms with Crippen molar-refractivity contribution in [1.82, 2.24) is 19.5 Å². The number of nitrogens with one attached hydrogen (secondary N) is 1. The van der Waals surface area contributed by atoms with E-state index in [0.29, 0.717) is 12.1 Å². The first-order chi connectivity index (χ1) is 12.0. The molecule has 1 saturated heterocycles. The molecule has 0 bridgehead atoms. The van der Waals surface area contributed by atoms with Crippen LogP contribution in [-0.2, 0) is 9.16 Å². The first-order valence-electron chi connectivity index (χ1n) is 8.70. The fraction of sp³-hybridized carbons (Fsp3) is 0.688. The Labute approximate surface area is 152 Å². The van der Waals surface area contributed by atoms with Gasteiger partial charge in [-0.1, -0.05) is 20.8 Å². The lowest BCUT2D eigenvalue weighted by Gasteiger charge is -2.39. The highest BCUT2D eigenvalue weighted by Gasteiger charge is 2.45. The number of anilines is 1. The Kier molecular flexibility index (Phi) is 4.72. The predicted molar refractivity (Wildman–Crippen MR) is 100 cm³/mol. The number of nitrogens with zero attached hydrogens (tertiary/aromatic N) is 3. The maximum absolute atomic E-state index is 12.0. The predicted octanol–water partition coefficient (Wildman–Crippen LogP) is 1.37. The van der Waals surface area contributed by atoms with E-state index in [9.17, 15) is 9.90 Å². The van der Waals surface area contributed by atoms with Gasteiger partial charge in [0.15, 0.2) is 19.5 Å². The van der Waals surface area contributed by atoms with Crippen LogP contribution in [0, 0.1) is 0 Å². The number of fused-ring (bicyclic) bond motifs is 1. The zero-order chi connectivity index (χ0) is 19.3. The van der Waals surface area contributed by atoms with Crippen molar-refractivity contribution in [2.75, 3.05) is 12.3 Å². The Hall–Kier alpha value is -1.75. The van der Waals surface area contributed by atoms with Crippen molar-refractivity contribution in [3.63, 3.8) is 0 Å². The number of hydrogen-bond acceptors (Lipinski definition) is 7. The van der Waals surface area contributed by atoms with Gasteiger partial charge in [0, 0.05) is 6.42 Å². The summed E-state index contributed by atoms with van der Waals surface area (Å²) < 4.78 is 14.1. The lowest BCUT2D eigenvalue weighted by atomic mass is 10.2. The molecule has 2 aromatic rings. The molecule has 0 amide bonds. The molecule has 0 unspecified atom stereocenters. The van der Waals surface area contributed by atoms with Gasteiger partial charge < -0.3 is 20.0 Å². The van der Waals surface area contributed by atoms with Crippen molar-refractivity contribution >= 4 is 25.4 Å². The van der Waals surface area contributed by atoms with Crippen molar-refractivity contribution in [3.8, 4) is 0 Å². The van der Waals surface area contributed by atoms with Crippen molar-refractivity contribution < 1.29 is 14.3 Å². The zero-order valence-electron chi connectivity index (χ0n) is 15.8. The minimum absolute atomic E-state index is 0.0232. The van der Waals surface area contributed by atoms with E-state index in [2.05, 4.69) is 48.8 Å². The number of nitrogens with two attached hydrogens (primary N) is 1. The Morgan fingerprint density at radius 1 is 1.50 bits per heavy atom. The van der Waals surface area contributed by atoms with Crippen LogP contribution in [0.15, 0.2) is 11.1 Å². The smallest absolute Gasteiger partial charge is 0.280 e. The highest BCUT2D eigenvalue weighted by atomic mass is 28.4. The molecule has 0 spiro atoms. The monoisotopic (exact) mass is 381 g/mol. The van der Waals surface area contributed by atoms with Gasteiger partial charge in [-0.3, -0.25) is 14.3 Å². The zero-order valence-corrected chi connectivity index (χ0v) is 16.8. The first kappa shape index (κ1) is 19.0. The van der Waals surface area contributed by atoms with Gasteiger partial charge in [0.1, 0.15) is 12.3 Å². The summed E-state index contributed by atoms with van der Waals surface area (Å²) in [5.74, 6) is 0.0232. The van der Waals surface area contributed by atoms with E-state index in [1.54, 1.807) is 4.57 Å². The standard InChI is InChI=1S/C16H27N5O4Si/c1-16(2,3)26(4,5)25-9-6-11(24-10(9)7-22)21-8-18-12-13(21)19-15(17)20-14(12)23/h8-11,22H,6-7H2,1-5H3,(H3,17,19,20,23)/t9-,10+,11+/m0/s1. The van der Waals surface area contributed by atoms with Crippen LogP contribution in [-0.4, -0.2) is 51.8 Å². The maximum atomic E-state index is 12.0. The van der Waals surface area contributed by atoms with E-state index >= 15 is 0 Å². The quantitative estimate of drug-likeness (QED) is 0.682. The highest BCUT2D eigenvalue weighted by Crippen LogP contribution is 2.41. The van der Waals surface area contributed by atoms with Gasteiger partial charge >= 0.3 is 0 Å². The third-order valence-electron chi connectivity index (χ3n) is 5.37. The molecule has 0 aliphatic carbocycles.